The van der Waals surface area contributed by atoms with Gasteiger partial charge in [-0.15, -0.1) is 12.4 Å². The van der Waals surface area contributed by atoms with Gasteiger partial charge in [0, 0.05) is 24.7 Å². The van der Waals surface area contributed by atoms with Gasteiger partial charge in [0.25, 0.3) is 0 Å². The van der Waals surface area contributed by atoms with Crippen LogP contribution in [0, 0.1) is 12.3 Å². The number of benzene rings is 1. The van der Waals surface area contributed by atoms with Crippen molar-refractivity contribution in [3.63, 3.8) is 0 Å². The molecule has 2 aliphatic heterocycles. The van der Waals surface area contributed by atoms with Gasteiger partial charge >= 0.3 is 0 Å². The van der Waals surface area contributed by atoms with Gasteiger partial charge in [0.05, 0.1) is 4.90 Å². The Morgan fingerprint density at radius 1 is 1.33 bits per heavy atom. The Hall–Kier alpha value is -0.330. The third-order valence-electron chi connectivity index (χ3n) is 4.50. The van der Waals surface area contributed by atoms with Crippen molar-refractivity contribution in [1.82, 2.24) is 9.62 Å². The molecular formula is C14H20Cl2N2O2S. The lowest BCUT2D eigenvalue weighted by atomic mass is 9.87. The summed E-state index contributed by atoms with van der Waals surface area (Å²) in [7, 11) is -3.43. The molecule has 1 spiro atoms. The van der Waals surface area contributed by atoms with E-state index in [1.807, 2.05) is 6.92 Å². The summed E-state index contributed by atoms with van der Waals surface area (Å²) in [6.07, 6.45) is 2.01. The van der Waals surface area contributed by atoms with E-state index in [0.717, 1.165) is 31.5 Å². The standard InChI is InChI=1S/C14H19ClN2O2S.ClH/c1-11-2-3-12(15)8-13(11)20(18,19)17-7-5-14(10-17)4-6-16-9-14;/h2-3,8,16H,4-7,9-10H2,1H3;1H. The van der Waals surface area contributed by atoms with E-state index in [1.54, 1.807) is 22.5 Å². The van der Waals surface area contributed by atoms with Gasteiger partial charge in [-0.2, -0.15) is 4.31 Å². The molecule has 0 radical (unpaired) electrons. The Bertz CT molecular complexity index is 628. The second-order valence-electron chi connectivity index (χ2n) is 5.93. The second-order valence-corrected chi connectivity index (χ2v) is 8.27. The summed E-state index contributed by atoms with van der Waals surface area (Å²) in [6, 6.07) is 5.05. The van der Waals surface area contributed by atoms with Crippen LogP contribution in [0.5, 0.6) is 0 Å². The smallest absolute Gasteiger partial charge is 0.243 e. The summed E-state index contributed by atoms with van der Waals surface area (Å²) in [6.45, 7) is 4.95. The molecule has 0 saturated carbocycles. The molecular weight excluding hydrogens is 331 g/mol. The molecule has 1 N–H and O–H groups in total. The number of nitrogens with one attached hydrogen (secondary N) is 1. The van der Waals surface area contributed by atoms with Crippen molar-refractivity contribution in [1.29, 1.82) is 0 Å². The first-order chi connectivity index (χ1) is 9.43. The van der Waals surface area contributed by atoms with E-state index in [4.69, 9.17) is 11.6 Å². The van der Waals surface area contributed by atoms with Crippen LogP contribution in [0.25, 0.3) is 0 Å². The molecule has 1 atom stereocenters. The Balaban J connectivity index is 0.00000161. The lowest BCUT2D eigenvalue weighted by molar-refractivity contribution is 0.338. The zero-order chi connectivity index (χ0) is 14.4. The van der Waals surface area contributed by atoms with E-state index >= 15 is 0 Å². The molecule has 4 nitrogen and oxygen atoms in total. The molecule has 2 heterocycles. The van der Waals surface area contributed by atoms with E-state index in [0.29, 0.717) is 23.0 Å². The molecule has 7 heteroatoms. The summed E-state index contributed by atoms with van der Waals surface area (Å²) in [4.78, 5) is 0.341. The number of hydrogen-bond acceptors (Lipinski definition) is 3. The number of sulfonamides is 1. The van der Waals surface area contributed by atoms with Crippen molar-refractivity contribution in [2.24, 2.45) is 5.41 Å². The molecule has 1 unspecified atom stereocenters. The first-order valence-electron chi connectivity index (χ1n) is 6.90. The summed E-state index contributed by atoms with van der Waals surface area (Å²) >= 11 is 5.96. The average molecular weight is 351 g/mol. The van der Waals surface area contributed by atoms with Crippen LogP contribution >= 0.6 is 24.0 Å². The highest BCUT2D eigenvalue weighted by Crippen LogP contribution is 2.39. The molecule has 0 bridgehead atoms. The van der Waals surface area contributed by atoms with Crippen LogP contribution in [-0.2, 0) is 10.0 Å². The Morgan fingerprint density at radius 3 is 2.76 bits per heavy atom. The summed E-state index contributed by atoms with van der Waals surface area (Å²) in [5.74, 6) is 0. The maximum absolute atomic E-state index is 12.8. The van der Waals surface area contributed by atoms with E-state index in [2.05, 4.69) is 5.32 Å². The molecule has 1 aromatic carbocycles. The third kappa shape index (κ3) is 3.08. The summed E-state index contributed by atoms with van der Waals surface area (Å²) in [5, 5.41) is 3.81. The van der Waals surface area contributed by atoms with Crippen LogP contribution < -0.4 is 5.32 Å². The monoisotopic (exact) mass is 350 g/mol. The number of rotatable bonds is 2. The largest absolute Gasteiger partial charge is 0.316 e. The molecule has 2 aliphatic rings. The van der Waals surface area contributed by atoms with Crippen molar-refractivity contribution in [3.05, 3.63) is 28.8 Å². The van der Waals surface area contributed by atoms with Crippen molar-refractivity contribution < 1.29 is 8.42 Å². The molecule has 2 fully saturated rings. The Kier molecular flexibility index (Phi) is 4.90. The molecule has 21 heavy (non-hydrogen) atoms. The fraction of sp³-hybridized carbons (Fsp3) is 0.571. The van der Waals surface area contributed by atoms with E-state index < -0.39 is 10.0 Å². The molecule has 1 aromatic rings. The average Bonchev–Trinajstić information content (AvgIpc) is 3.04. The lowest BCUT2D eigenvalue weighted by Gasteiger charge is -2.23. The maximum atomic E-state index is 12.8. The van der Waals surface area contributed by atoms with Gasteiger partial charge in [-0.05, 0) is 49.4 Å². The highest BCUT2D eigenvalue weighted by molar-refractivity contribution is 7.89. The predicted octanol–water partition coefficient (Wildman–Crippen LogP) is 2.44. The zero-order valence-electron chi connectivity index (χ0n) is 11.9. The van der Waals surface area contributed by atoms with Crippen LogP contribution in [0.15, 0.2) is 23.1 Å². The molecule has 0 amide bonds. The van der Waals surface area contributed by atoms with Gasteiger partial charge in [-0.1, -0.05) is 17.7 Å². The highest BCUT2D eigenvalue weighted by atomic mass is 35.5. The molecule has 3 rings (SSSR count). The minimum absolute atomic E-state index is 0. The van der Waals surface area contributed by atoms with E-state index in [1.165, 1.54) is 0 Å². The van der Waals surface area contributed by atoms with Crippen molar-refractivity contribution in [2.45, 2.75) is 24.7 Å². The van der Waals surface area contributed by atoms with Gasteiger partial charge in [0.15, 0.2) is 0 Å². The van der Waals surface area contributed by atoms with Gasteiger partial charge < -0.3 is 5.32 Å². The quantitative estimate of drug-likeness (QED) is 0.891. The van der Waals surface area contributed by atoms with Crippen molar-refractivity contribution in [3.8, 4) is 0 Å². The van der Waals surface area contributed by atoms with E-state index in [9.17, 15) is 8.42 Å². The van der Waals surface area contributed by atoms with Gasteiger partial charge in [0.1, 0.15) is 0 Å². The zero-order valence-corrected chi connectivity index (χ0v) is 14.3. The minimum atomic E-state index is -3.43. The third-order valence-corrected chi connectivity index (χ3v) is 6.73. The molecule has 2 saturated heterocycles. The highest BCUT2D eigenvalue weighted by Gasteiger charge is 2.44. The SMILES string of the molecule is Cc1ccc(Cl)cc1S(=O)(=O)N1CCC2(CCNC2)C1.Cl. The second kappa shape index (κ2) is 6.05. The number of halogens is 2. The van der Waals surface area contributed by atoms with Gasteiger partial charge in [0.2, 0.25) is 10.0 Å². The Morgan fingerprint density at radius 2 is 2.10 bits per heavy atom. The fourth-order valence-electron chi connectivity index (χ4n) is 3.23. The Labute approximate surface area is 137 Å². The van der Waals surface area contributed by atoms with Gasteiger partial charge in [-0.25, -0.2) is 8.42 Å². The fourth-order valence-corrected chi connectivity index (χ4v) is 5.28. The van der Waals surface area contributed by atoms with Crippen LogP contribution in [0.2, 0.25) is 5.02 Å². The summed E-state index contributed by atoms with van der Waals surface area (Å²) < 4.78 is 27.2. The number of nitrogens with zero attached hydrogens (tertiary/aromatic N) is 1. The lowest BCUT2D eigenvalue weighted by Crippen LogP contribution is -2.33. The minimum Gasteiger partial charge on any atom is -0.316 e. The molecule has 0 aromatic heterocycles. The summed E-state index contributed by atoms with van der Waals surface area (Å²) in [5.41, 5.74) is 0.888. The van der Waals surface area contributed by atoms with Crippen molar-refractivity contribution >= 4 is 34.0 Å². The number of aryl methyl sites for hydroxylation is 1. The molecule has 0 aliphatic carbocycles. The normalized spacial score (nSPS) is 26.2. The predicted molar refractivity (Wildman–Crippen MR) is 86.7 cm³/mol. The van der Waals surface area contributed by atoms with Crippen molar-refractivity contribution in [2.75, 3.05) is 26.2 Å². The van der Waals surface area contributed by atoms with E-state index in [-0.39, 0.29) is 17.8 Å². The maximum Gasteiger partial charge on any atom is 0.243 e. The molecule has 118 valence electrons. The first-order valence-corrected chi connectivity index (χ1v) is 8.72. The van der Waals surface area contributed by atoms with Crippen LogP contribution in [-0.4, -0.2) is 38.9 Å². The van der Waals surface area contributed by atoms with Crippen LogP contribution in [0.1, 0.15) is 18.4 Å². The van der Waals surface area contributed by atoms with Crippen LogP contribution in [0.4, 0.5) is 0 Å². The topological polar surface area (TPSA) is 49.4 Å². The first kappa shape index (κ1) is 17.0. The number of hydrogen-bond donors (Lipinski definition) is 1. The van der Waals surface area contributed by atoms with Gasteiger partial charge in [-0.3, -0.25) is 0 Å². The van der Waals surface area contributed by atoms with Crippen LogP contribution in [0.3, 0.4) is 0 Å².